The summed E-state index contributed by atoms with van der Waals surface area (Å²) in [6, 6.07) is 3.18. The van der Waals surface area contributed by atoms with Crippen molar-refractivity contribution in [3.05, 3.63) is 18.2 Å². The van der Waals surface area contributed by atoms with Crippen LogP contribution in [-0.2, 0) is 14.6 Å². The molecule has 8 nitrogen and oxygen atoms in total. The van der Waals surface area contributed by atoms with Crippen LogP contribution in [0.4, 0.5) is 10.5 Å². The fraction of sp³-hybridized carbons (Fsp3) is 0.467. The molecule has 1 atom stereocenters. The van der Waals surface area contributed by atoms with Crippen molar-refractivity contribution in [1.29, 1.82) is 0 Å². The Labute approximate surface area is 141 Å². The van der Waals surface area contributed by atoms with Crippen molar-refractivity contribution >= 4 is 27.5 Å². The van der Waals surface area contributed by atoms with E-state index in [9.17, 15) is 18.0 Å². The van der Waals surface area contributed by atoms with Gasteiger partial charge in [0.05, 0.1) is 7.11 Å². The molecule has 3 amide bonds. The number of nitrogens with zero attached hydrogens (tertiary/aromatic N) is 1. The van der Waals surface area contributed by atoms with Gasteiger partial charge < -0.3 is 20.3 Å². The van der Waals surface area contributed by atoms with Crippen LogP contribution in [0.15, 0.2) is 23.1 Å². The van der Waals surface area contributed by atoms with Crippen molar-refractivity contribution in [2.45, 2.75) is 23.8 Å². The molecule has 1 aliphatic heterocycles. The van der Waals surface area contributed by atoms with Crippen LogP contribution >= 0.6 is 0 Å². The third-order valence-electron chi connectivity index (χ3n) is 3.79. The fourth-order valence-electron chi connectivity index (χ4n) is 2.54. The first-order valence-corrected chi connectivity index (χ1v) is 9.32. The summed E-state index contributed by atoms with van der Waals surface area (Å²) in [5, 5.41) is 5.16. The summed E-state index contributed by atoms with van der Waals surface area (Å²) in [6.45, 7) is 0.675. The van der Waals surface area contributed by atoms with Gasteiger partial charge in [-0.2, -0.15) is 0 Å². The molecule has 0 bridgehead atoms. The molecule has 1 aromatic carbocycles. The molecule has 0 spiro atoms. The number of ether oxygens (including phenoxy) is 1. The van der Waals surface area contributed by atoms with E-state index >= 15 is 0 Å². The molecule has 0 saturated carbocycles. The Kier molecular flexibility index (Phi) is 5.33. The maximum Gasteiger partial charge on any atom is 0.319 e. The molecular weight excluding hydrogens is 334 g/mol. The van der Waals surface area contributed by atoms with Crippen LogP contribution in [0.2, 0.25) is 0 Å². The van der Waals surface area contributed by atoms with Crippen molar-refractivity contribution in [3.63, 3.8) is 0 Å². The number of nitrogens with one attached hydrogen (secondary N) is 2. The molecule has 2 rings (SSSR count). The molecule has 2 N–H and O–H groups in total. The van der Waals surface area contributed by atoms with Crippen LogP contribution in [-0.4, -0.2) is 58.3 Å². The molecule has 0 radical (unpaired) electrons. The highest BCUT2D eigenvalue weighted by Gasteiger charge is 2.27. The zero-order valence-corrected chi connectivity index (χ0v) is 14.6. The molecule has 0 aromatic heterocycles. The molecule has 9 heteroatoms. The minimum Gasteiger partial charge on any atom is -0.495 e. The average Bonchev–Trinajstić information content (AvgIpc) is 2.51. The third-order valence-corrected chi connectivity index (χ3v) is 4.90. The number of piperidine rings is 1. The summed E-state index contributed by atoms with van der Waals surface area (Å²) < 4.78 is 28.6. The van der Waals surface area contributed by atoms with Crippen LogP contribution in [0.5, 0.6) is 5.75 Å². The molecule has 132 valence electrons. The zero-order valence-electron chi connectivity index (χ0n) is 13.8. The number of benzene rings is 1. The van der Waals surface area contributed by atoms with Crippen LogP contribution in [0.1, 0.15) is 12.8 Å². The predicted molar refractivity (Wildman–Crippen MR) is 88.9 cm³/mol. The van der Waals surface area contributed by atoms with E-state index in [0.29, 0.717) is 18.7 Å². The minimum absolute atomic E-state index is 0.0173. The van der Waals surface area contributed by atoms with Gasteiger partial charge in [0, 0.05) is 25.5 Å². The highest BCUT2D eigenvalue weighted by Crippen LogP contribution is 2.27. The number of amides is 3. The Balaban J connectivity index is 2.10. The summed E-state index contributed by atoms with van der Waals surface area (Å²) in [7, 11) is -0.444. The highest BCUT2D eigenvalue weighted by molar-refractivity contribution is 7.90. The van der Waals surface area contributed by atoms with E-state index in [1.807, 2.05) is 0 Å². The summed E-state index contributed by atoms with van der Waals surface area (Å²) in [6.07, 6.45) is 2.45. The molecule has 0 aliphatic carbocycles. The maximum atomic E-state index is 12.1. The maximum absolute atomic E-state index is 12.1. The van der Waals surface area contributed by atoms with Crippen LogP contribution in [0, 0.1) is 0 Å². The highest BCUT2D eigenvalue weighted by atomic mass is 32.2. The van der Waals surface area contributed by atoms with E-state index in [1.54, 1.807) is 11.9 Å². The molecule has 1 fully saturated rings. The van der Waals surface area contributed by atoms with Gasteiger partial charge in [-0.1, -0.05) is 0 Å². The number of anilines is 1. The van der Waals surface area contributed by atoms with Gasteiger partial charge in [-0.3, -0.25) is 4.79 Å². The Morgan fingerprint density at radius 2 is 2.08 bits per heavy atom. The second-order valence-electron chi connectivity index (χ2n) is 5.69. The van der Waals surface area contributed by atoms with Gasteiger partial charge in [0.25, 0.3) is 0 Å². The average molecular weight is 355 g/mol. The first-order chi connectivity index (χ1) is 11.2. The number of rotatable bonds is 4. The number of carbonyl (C=O) groups is 2. The molecule has 24 heavy (non-hydrogen) atoms. The van der Waals surface area contributed by atoms with Gasteiger partial charge in [-0.25, -0.2) is 13.2 Å². The van der Waals surface area contributed by atoms with Crippen LogP contribution in [0.3, 0.4) is 0 Å². The molecule has 1 saturated heterocycles. The number of urea groups is 1. The molecule has 1 aliphatic rings. The third kappa shape index (κ3) is 4.16. The number of methoxy groups -OCH3 is 1. The lowest BCUT2D eigenvalue weighted by Gasteiger charge is -2.29. The lowest BCUT2D eigenvalue weighted by atomic mass is 10.1. The standard InChI is InChI=1S/C15H21N3O5S/c1-18-8-4-5-11(14(18)19)17-15(20)16-10-6-7-12(23-2)13(9-10)24(3,21)22/h6-7,9,11H,4-5,8H2,1-3H3,(H2,16,17,20). The quantitative estimate of drug-likeness (QED) is 0.833. The van der Waals surface area contributed by atoms with E-state index in [0.717, 1.165) is 12.7 Å². The Morgan fingerprint density at radius 3 is 2.71 bits per heavy atom. The smallest absolute Gasteiger partial charge is 0.319 e. The topological polar surface area (TPSA) is 105 Å². The molecular formula is C15H21N3O5S. The Bertz CT molecular complexity index is 747. The molecule has 1 heterocycles. The lowest BCUT2D eigenvalue weighted by Crippen LogP contribution is -2.51. The van der Waals surface area contributed by atoms with Gasteiger partial charge in [-0.15, -0.1) is 0 Å². The number of likely N-dealkylation sites (tertiary alicyclic amines) is 1. The number of sulfone groups is 1. The fourth-order valence-corrected chi connectivity index (χ4v) is 3.39. The minimum atomic E-state index is -3.50. The van der Waals surface area contributed by atoms with Crippen molar-refractivity contribution in [1.82, 2.24) is 10.2 Å². The summed E-state index contributed by atoms with van der Waals surface area (Å²) >= 11 is 0. The van der Waals surface area contributed by atoms with Gasteiger partial charge in [0.2, 0.25) is 5.91 Å². The van der Waals surface area contributed by atoms with Crippen molar-refractivity contribution in [2.75, 3.05) is 32.3 Å². The van der Waals surface area contributed by atoms with Gasteiger partial charge in [-0.05, 0) is 31.0 Å². The summed E-state index contributed by atoms with van der Waals surface area (Å²) in [5.74, 6) is 0.0653. The first-order valence-electron chi connectivity index (χ1n) is 7.43. The normalized spacial score (nSPS) is 18.2. The number of hydrogen-bond acceptors (Lipinski definition) is 5. The largest absolute Gasteiger partial charge is 0.495 e. The van der Waals surface area contributed by atoms with Gasteiger partial charge in [0.1, 0.15) is 16.7 Å². The Hall–Kier alpha value is -2.29. The lowest BCUT2D eigenvalue weighted by molar-refractivity contribution is -0.134. The molecule has 1 aromatic rings. The Morgan fingerprint density at radius 1 is 1.38 bits per heavy atom. The first kappa shape index (κ1) is 18.1. The van der Waals surface area contributed by atoms with Crippen LogP contribution < -0.4 is 15.4 Å². The monoisotopic (exact) mass is 355 g/mol. The van der Waals surface area contributed by atoms with E-state index < -0.39 is 21.9 Å². The summed E-state index contributed by atoms with van der Waals surface area (Å²) in [5.41, 5.74) is 0.297. The number of hydrogen-bond donors (Lipinski definition) is 2. The van der Waals surface area contributed by atoms with E-state index in [4.69, 9.17) is 4.74 Å². The SMILES string of the molecule is COc1ccc(NC(=O)NC2CCCN(C)C2=O)cc1S(C)(=O)=O. The molecule has 1 unspecified atom stereocenters. The van der Waals surface area contributed by atoms with Gasteiger partial charge in [0.15, 0.2) is 9.84 Å². The second kappa shape index (κ2) is 7.08. The predicted octanol–water partition coefficient (Wildman–Crippen LogP) is 0.841. The zero-order chi connectivity index (χ0) is 17.9. The van der Waals surface area contributed by atoms with Crippen molar-refractivity contribution < 1.29 is 22.7 Å². The van der Waals surface area contributed by atoms with Crippen LogP contribution in [0.25, 0.3) is 0 Å². The van der Waals surface area contributed by atoms with Crippen molar-refractivity contribution in [2.24, 2.45) is 0 Å². The second-order valence-corrected chi connectivity index (χ2v) is 7.68. The van der Waals surface area contributed by atoms with Gasteiger partial charge >= 0.3 is 6.03 Å². The number of carbonyl (C=O) groups excluding carboxylic acids is 2. The van der Waals surface area contributed by atoms with Crippen molar-refractivity contribution in [3.8, 4) is 5.75 Å². The van der Waals surface area contributed by atoms with E-state index in [-0.39, 0.29) is 16.6 Å². The van der Waals surface area contributed by atoms with E-state index in [1.165, 1.54) is 25.3 Å². The number of likely N-dealkylation sites (N-methyl/N-ethyl adjacent to an activating group) is 1. The van der Waals surface area contributed by atoms with E-state index in [2.05, 4.69) is 10.6 Å². The summed E-state index contributed by atoms with van der Waals surface area (Å²) in [4.78, 5) is 25.6.